The number of ether oxygens (including phenoxy) is 1. The Bertz CT molecular complexity index is 933. The topological polar surface area (TPSA) is 42.7 Å². The highest BCUT2D eigenvalue weighted by Gasteiger charge is 2.17. The molecule has 1 aliphatic rings. The smallest absolute Gasteiger partial charge is 0.227 e. The van der Waals surface area contributed by atoms with Gasteiger partial charge in [-0.2, -0.15) is 0 Å². The van der Waals surface area contributed by atoms with Crippen molar-refractivity contribution in [3.05, 3.63) is 99.6 Å². The molecule has 132 valence electrons. The molecule has 2 aromatic carbocycles. The molecule has 1 aliphatic heterocycles. The molecule has 0 radical (unpaired) electrons. The maximum atomic E-state index is 12.3. The van der Waals surface area contributed by atoms with Crippen molar-refractivity contribution in [1.82, 2.24) is 4.90 Å². The first-order valence-electron chi connectivity index (χ1n) is 8.85. The highest BCUT2D eigenvalue weighted by molar-refractivity contribution is 5.29. The van der Waals surface area contributed by atoms with Gasteiger partial charge in [0.25, 0.3) is 0 Å². The van der Waals surface area contributed by atoms with E-state index in [-0.39, 0.29) is 11.2 Å². The van der Waals surface area contributed by atoms with Crippen LogP contribution in [0.1, 0.15) is 22.5 Å². The second-order valence-corrected chi connectivity index (χ2v) is 6.58. The molecule has 0 saturated carbocycles. The van der Waals surface area contributed by atoms with Gasteiger partial charge in [-0.05, 0) is 23.1 Å². The zero-order chi connectivity index (χ0) is 17.8. The molecule has 26 heavy (non-hydrogen) atoms. The number of benzene rings is 2. The molecular weight excluding hydrogens is 326 g/mol. The third-order valence-electron chi connectivity index (χ3n) is 4.68. The van der Waals surface area contributed by atoms with Gasteiger partial charge in [-0.3, -0.25) is 9.69 Å². The third kappa shape index (κ3) is 3.86. The first kappa shape index (κ1) is 16.6. The molecule has 0 unspecified atom stereocenters. The molecule has 0 bridgehead atoms. The van der Waals surface area contributed by atoms with Crippen molar-refractivity contribution in [2.45, 2.75) is 26.1 Å². The molecule has 0 atom stereocenters. The van der Waals surface area contributed by atoms with Crippen LogP contribution in [0.15, 0.2) is 76.1 Å². The van der Waals surface area contributed by atoms with E-state index in [4.69, 9.17) is 9.15 Å². The molecular formula is C22H21NO3. The molecule has 4 rings (SSSR count). The first-order valence-corrected chi connectivity index (χ1v) is 8.85. The number of rotatable bonds is 5. The second kappa shape index (κ2) is 7.58. The van der Waals surface area contributed by atoms with Crippen LogP contribution in [0.25, 0.3) is 0 Å². The van der Waals surface area contributed by atoms with Gasteiger partial charge in [0.15, 0.2) is 0 Å². The summed E-state index contributed by atoms with van der Waals surface area (Å²) in [5.74, 6) is 0.919. The summed E-state index contributed by atoms with van der Waals surface area (Å²) in [6.07, 6.45) is 2.46. The molecule has 0 spiro atoms. The Morgan fingerprint density at radius 3 is 2.58 bits per heavy atom. The molecule has 0 aliphatic carbocycles. The van der Waals surface area contributed by atoms with E-state index < -0.39 is 0 Å². The fourth-order valence-corrected chi connectivity index (χ4v) is 3.27. The monoisotopic (exact) mass is 347 g/mol. The van der Waals surface area contributed by atoms with Crippen LogP contribution in [-0.2, 0) is 26.1 Å². The number of hydrogen-bond acceptors (Lipinski definition) is 4. The van der Waals surface area contributed by atoms with E-state index in [1.807, 2.05) is 30.3 Å². The molecule has 1 aromatic heterocycles. The van der Waals surface area contributed by atoms with Crippen LogP contribution >= 0.6 is 0 Å². The Hall–Kier alpha value is -2.85. The minimum atomic E-state index is -0.139. The van der Waals surface area contributed by atoms with Crippen molar-refractivity contribution in [1.29, 1.82) is 0 Å². The fourth-order valence-electron chi connectivity index (χ4n) is 3.27. The molecule has 0 amide bonds. The zero-order valence-corrected chi connectivity index (χ0v) is 14.6. The van der Waals surface area contributed by atoms with Crippen molar-refractivity contribution < 1.29 is 9.15 Å². The van der Waals surface area contributed by atoms with Crippen molar-refractivity contribution in [3.8, 4) is 5.75 Å². The van der Waals surface area contributed by atoms with Gasteiger partial charge in [-0.15, -0.1) is 0 Å². The van der Waals surface area contributed by atoms with E-state index in [1.165, 1.54) is 17.4 Å². The summed E-state index contributed by atoms with van der Waals surface area (Å²) in [5, 5.41) is 0. The van der Waals surface area contributed by atoms with E-state index >= 15 is 0 Å². The summed E-state index contributed by atoms with van der Waals surface area (Å²) in [7, 11) is 0. The molecule has 3 aromatic rings. The predicted octanol–water partition coefficient (Wildman–Crippen LogP) is 3.78. The summed E-state index contributed by atoms with van der Waals surface area (Å²) >= 11 is 0. The van der Waals surface area contributed by atoms with Gasteiger partial charge in [0, 0.05) is 19.2 Å². The van der Waals surface area contributed by atoms with E-state index in [1.54, 1.807) is 6.07 Å². The standard InChI is InChI=1S/C22H21NO3/c24-21-12-20(14-23-11-10-18-8-4-5-9-19(18)13-23)25-16-22(21)26-15-17-6-2-1-3-7-17/h1-9,12,16H,10-11,13-15H2. The summed E-state index contributed by atoms with van der Waals surface area (Å²) in [6.45, 7) is 2.83. The average Bonchev–Trinajstić information content (AvgIpc) is 2.68. The van der Waals surface area contributed by atoms with Gasteiger partial charge in [-0.1, -0.05) is 54.6 Å². The highest BCUT2D eigenvalue weighted by Crippen LogP contribution is 2.20. The van der Waals surface area contributed by atoms with Crippen LogP contribution in [0.5, 0.6) is 5.75 Å². The van der Waals surface area contributed by atoms with Crippen molar-refractivity contribution in [2.24, 2.45) is 0 Å². The number of fused-ring (bicyclic) bond motifs is 1. The van der Waals surface area contributed by atoms with Gasteiger partial charge in [0.2, 0.25) is 11.2 Å². The molecule has 0 saturated heterocycles. The lowest BCUT2D eigenvalue weighted by Gasteiger charge is -2.28. The lowest BCUT2D eigenvalue weighted by Crippen LogP contribution is -2.30. The van der Waals surface area contributed by atoms with E-state index in [9.17, 15) is 4.79 Å². The summed E-state index contributed by atoms with van der Waals surface area (Å²) in [5.41, 5.74) is 3.64. The SMILES string of the molecule is O=c1cc(CN2CCc3ccccc3C2)occ1OCc1ccccc1. The van der Waals surface area contributed by atoms with Gasteiger partial charge in [-0.25, -0.2) is 0 Å². The normalized spacial score (nSPS) is 14.0. The maximum Gasteiger partial charge on any atom is 0.227 e. The Kier molecular flexibility index (Phi) is 4.84. The zero-order valence-electron chi connectivity index (χ0n) is 14.6. The Morgan fingerprint density at radius 1 is 1.00 bits per heavy atom. The Morgan fingerprint density at radius 2 is 1.77 bits per heavy atom. The number of hydrogen-bond donors (Lipinski definition) is 0. The Labute approximate surface area is 152 Å². The van der Waals surface area contributed by atoms with Gasteiger partial charge in [0.05, 0.1) is 6.54 Å². The second-order valence-electron chi connectivity index (χ2n) is 6.58. The first-order chi connectivity index (χ1) is 12.8. The number of nitrogens with zero attached hydrogens (tertiary/aromatic N) is 1. The summed E-state index contributed by atoms with van der Waals surface area (Å²) in [4.78, 5) is 14.6. The van der Waals surface area contributed by atoms with Crippen molar-refractivity contribution in [3.63, 3.8) is 0 Å². The van der Waals surface area contributed by atoms with Crippen molar-refractivity contribution >= 4 is 0 Å². The van der Waals surface area contributed by atoms with Crippen molar-refractivity contribution in [2.75, 3.05) is 6.54 Å². The minimum absolute atomic E-state index is 0.139. The minimum Gasteiger partial charge on any atom is -0.482 e. The molecule has 4 heteroatoms. The van der Waals surface area contributed by atoms with Crippen LogP contribution in [0.3, 0.4) is 0 Å². The quantitative estimate of drug-likeness (QED) is 0.704. The lowest BCUT2D eigenvalue weighted by molar-refractivity contribution is 0.220. The van der Waals surface area contributed by atoms with Crippen LogP contribution in [0.2, 0.25) is 0 Å². The molecule has 4 nitrogen and oxygen atoms in total. The maximum absolute atomic E-state index is 12.3. The molecule has 0 N–H and O–H groups in total. The third-order valence-corrected chi connectivity index (χ3v) is 4.68. The molecule has 2 heterocycles. The predicted molar refractivity (Wildman–Crippen MR) is 100 cm³/mol. The van der Waals surface area contributed by atoms with Crippen LogP contribution in [0.4, 0.5) is 0 Å². The fraction of sp³-hybridized carbons (Fsp3) is 0.227. The summed E-state index contributed by atoms with van der Waals surface area (Å²) < 4.78 is 11.2. The lowest BCUT2D eigenvalue weighted by atomic mass is 10.00. The van der Waals surface area contributed by atoms with Crippen LogP contribution in [0, 0.1) is 0 Å². The van der Waals surface area contributed by atoms with Gasteiger partial charge < -0.3 is 9.15 Å². The molecule has 0 fully saturated rings. The van der Waals surface area contributed by atoms with E-state index in [0.29, 0.717) is 18.9 Å². The van der Waals surface area contributed by atoms with Crippen LogP contribution < -0.4 is 10.2 Å². The average molecular weight is 347 g/mol. The van der Waals surface area contributed by atoms with E-state index in [0.717, 1.165) is 25.1 Å². The van der Waals surface area contributed by atoms with Crippen LogP contribution in [-0.4, -0.2) is 11.4 Å². The van der Waals surface area contributed by atoms with E-state index in [2.05, 4.69) is 29.2 Å². The Balaban J connectivity index is 1.39. The summed E-state index contributed by atoms with van der Waals surface area (Å²) in [6, 6.07) is 19.8. The van der Waals surface area contributed by atoms with Gasteiger partial charge in [0.1, 0.15) is 18.6 Å². The highest BCUT2D eigenvalue weighted by atomic mass is 16.5. The van der Waals surface area contributed by atoms with Gasteiger partial charge >= 0.3 is 0 Å². The largest absolute Gasteiger partial charge is 0.482 e.